The molecule has 3 heterocycles. The molecule has 0 saturated carbocycles. The fourth-order valence-corrected chi connectivity index (χ4v) is 4.88. The van der Waals surface area contributed by atoms with E-state index in [0.29, 0.717) is 17.7 Å². The average Bonchev–Trinajstić information content (AvgIpc) is 3.02. The molecule has 6 heteroatoms. The summed E-state index contributed by atoms with van der Waals surface area (Å²) in [4.78, 5) is 2.53. The maximum absolute atomic E-state index is 6.32. The number of rotatable bonds is 4. The molecule has 2 saturated heterocycles. The first-order chi connectivity index (χ1) is 10.2. The molecule has 126 valence electrons. The molecular formula is C16H30N2O2SSi. The summed E-state index contributed by atoms with van der Waals surface area (Å²) in [5.74, 6) is 0. The first-order valence-electron chi connectivity index (χ1n) is 8.39. The van der Waals surface area contributed by atoms with Crippen LogP contribution >= 0.6 is 11.8 Å². The van der Waals surface area contributed by atoms with Crippen LogP contribution in [0.4, 0.5) is 0 Å². The Labute approximate surface area is 140 Å². The number of ether oxygens (including phenoxy) is 1. The van der Waals surface area contributed by atoms with Crippen LogP contribution in [0.3, 0.4) is 0 Å². The minimum atomic E-state index is -1.67. The Kier molecular flexibility index (Phi) is 4.69. The lowest BCUT2D eigenvalue weighted by atomic mass is 10.2. The van der Waals surface area contributed by atoms with Gasteiger partial charge in [0.1, 0.15) is 5.50 Å². The second-order valence-electron chi connectivity index (χ2n) is 8.24. The summed E-state index contributed by atoms with van der Waals surface area (Å²) in [6.45, 7) is 14.3. The molecule has 3 rings (SSSR count). The van der Waals surface area contributed by atoms with Crippen LogP contribution in [-0.2, 0) is 9.16 Å². The van der Waals surface area contributed by atoms with E-state index in [2.05, 4.69) is 49.5 Å². The maximum Gasteiger partial charge on any atom is 0.192 e. The standard InChI is InChI=1S/C16H30N2O2SSi/c1-16(2,3)22(4,5)19-10-12-11-21-15(17-12)18-8-13-6-7-14(9-18)20-13/h11,13-15,17H,6-10H2,1-5H3. The molecule has 3 aliphatic heterocycles. The fourth-order valence-electron chi connectivity index (χ4n) is 2.94. The van der Waals surface area contributed by atoms with E-state index in [1.807, 2.05) is 11.8 Å². The van der Waals surface area contributed by atoms with Crippen molar-refractivity contribution in [3.63, 3.8) is 0 Å². The summed E-state index contributed by atoms with van der Waals surface area (Å²) < 4.78 is 12.2. The van der Waals surface area contributed by atoms with Crippen LogP contribution in [0.1, 0.15) is 33.6 Å². The van der Waals surface area contributed by atoms with Crippen LogP contribution in [0.25, 0.3) is 0 Å². The van der Waals surface area contributed by atoms with Crippen molar-refractivity contribution in [1.29, 1.82) is 0 Å². The third-order valence-electron chi connectivity index (χ3n) is 5.45. The summed E-state index contributed by atoms with van der Waals surface area (Å²) >= 11 is 1.88. The molecule has 2 bridgehead atoms. The van der Waals surface area contributed by atoms with E-state index in [0.717, 1.165) is 19.7 Å². The molecule has 0 spiro atoms. The van der Waals surface area contributed by atoms with Crippen molar-refractivity contribution >= 4 is 20.1 Å². The topological polar surface area (TPSA) is 33.7 Å². The minimum absolute atomic E-state index is 0.266. The molecule has 0 aromatic heterocycles. The molecule has 0 aromatic carbocycles. The smallest absolute Gasteiger partial charge is 0.192 e. The molecule has 0 aromatic rings. The van der Waals surface area contributed by atoms with Crippen LogP contribution in [0.15, 0.2) is 11.1 Å². The molecule has 0 radical (unpaired) electrons. The third-order valence-corrected chi connectivity index (χ3v) is 11.0. The number of hydrogen-bond acceptors (Lipinski definition) is 5. The van der Waals surface area contributed by atoms with Gasteiger partial charge in [-0.1, -0.05) is 32.5 Å². The van der Waals surface area contributed by atoms with Gasteiger partial charge in [-0.05, 0) is 36.4 Å². The van der Waals surface area contributed by atoms with E-state index in [4.69, 9.17) is 9.16 Å². The van der Waals surface area contributed by atoms with E-state index in [1.165, 1.54) is 18.5 Å². The van der Waals surface area contributed by atoms with Gasteiger partial charge in [-0.2, -0.15) is 0 Å². The fraction of sp³-hybridized carbons (Fsp3) is 0.875. The first kappa shape index (κ1) is 16.8. The predicted molar refractivity (Wildman–Crippen MR) is 95.2 cm³/mol. The van der Waals surface area contributed by atoms with E-state index in [1.54, 1.807) is 0 Å². The van der Waals surface area contributed by atoms with Crippen LogP contribution in [0.5, 0.6) is 0 Å². The second-order valence-corrected chi connectivity index (χ2v) is 14.0. The van der Waals surface area contributed by atoms with Crippen molar-refractivity contribution in [2.24, 2.45) is 0 Å². The van der Waals surface area contributed by atoms with Gasteiger partial charge in [0.25, 0.3) is 0 Å². The van der Waals surface area contributed by atoms with Gasteiger partial charge in [0.15, 0.2) is 8.32 Å². The number of nitrogens with one attached hydrogen (secondary N) is 1. The summed E-state index contributed by atoms with van der Waals surface area (Å²) in [6.07, 6.45) is 3.36. The van der Waals surface area contributed by atoms with Crippen molar-refractivity contribution in [3.05, 3.63) is 11.1 Å². The molecule has 2 fully saturated rings. The minimum Gasteiger partial charge on any atom is -0.411 e. The maximum atomic E-state index is 6.32. The predicted octanol–water partition coefficient (Wildman–Crippen LogP) is 3.33. The normalized spacial score (nSPS) is 33.0. The van der Waals surface area contributed by atoms with Crippen molar-refractivity contribution < 1.29 is 9.16 Å². The number of hydrogen-bond donors (Lipinski definition) is 1. The van der Waals surface area contributed by atoms with Gasteiger partial charge in [0, 0.05) is 18.8 Å². The lowest BCUT2D eigenvalue weighted by Crippen LogP contribution is -2.50. The Balaban J connectivity index is 1.48. The van der Waals surface area contributed by atoms with Gasteiger partial charge < -0.3 is 14.5 Å². The van der Waals surface area contributed by atoms with Crippen LogP contribution in [0, 0.1) is 0 Å². The van der Waals surface area contributed by atoms with Crippen LogP contribution in [-0.4, -0.2) is 50.6 Å². The quantitative estimate of drug-likeness (QED) is 0.793. The Hall–Kier alpha value is -0.0131. The Morgan fingerprint density at radius 2 is 1.95 bits per heavy atom. The Bertz CT molecular complexity index is 438. The van der Waals surface area contributed by atoms with E-state index >= 15 is 0 Å². The molecule has 0 amide bonds. The third kappa shape index (κ3) is 3.56. The molecule has 0 aliphatic carbocycles. The molecule has 4 nitrogen and oxygen atoms in total. The zero-order valence-corrected chi connectivity index (χ0v) is 16.3. The molecule has 3 aliphatic rings. The van der Waals surface area contributed by atoms with Gasteiger partial charge in [-0.25, -0.2) is 0 Å². The molecule has 1 N–H and O–H groups in total. The van der Waals surface area contributed by atoms with Crippen LogP contribution < -0.4 is 5.32 Å². The molecule has 22 heavy (non-hydrogen) atoms. The van der Waals surface area contributed by atoms with Crippen LogP contribution in [0.2, 0.25) is 18.1 Å². The molecule has 3 atom stereocenters. The van der Waals surface area contributed by atoms with Gasteiger partial charge in [0.2, 0.25) is 0 Å². The monoisotopic (exact) mass is 342 g/mol. The highest BCUT2D eigenvalue weighted by Gasteiger charge is 2.39. The second kappa shape index (κ2) is 6.13. The highest BCUT2D eigenvalue weighted by molar-refractivity contribution is 8.02. The molecule has 3 unspecified atom stereocenters. The number of fused-ring (bicyclic) bond motifs is 2. The first-order valence-corrected chi connectivity index (χ1v) is 12.2. The highest BCUT2D eigenvalue weighted by atomic mass is 32.2. The van der Waals surface area contributed by atoms with Crippen molar-refractivity contribution in [2.45, 2.75) is 69.5 Å². The van der Waals surface area contributed by atoms with E-state index in [9.17, 15) is 0 Å². The average molecular weight is 343 g/mol. The number of nitrogens with zero attached hydrogens (tertiary/aromatic N) is 1. The van der Waals surface area contributed by atoms with Gasteiger partial charge in [-0.3, -0.25) is 4.90 Å². The van der Waals surface area contributed by atoms with Gasteiger partial charge >= 0.3 is 0 Å². The van der Waals surface area contributed by atoms with Crippen molar-refractivity contribution in [3.8, 4) is 0 Å². The summed E-state index contributed by atoms with van der Waals surface area (Å²) in [6, 6.07) is 0. The summed E-state index contributed by atoms with van der Waals surface area (Å²) in [5.41, 5.74) is 1.60. The van der Waals surface area contributed by atoms with E-state index in [-0.39, 0.29) is 5.04 Å². The van der Waals surface area contributed by atoms with Crippen molar-refractivity contribution in [2.75, 3.05) is 19.7 Å². The zero-order chi connectivity index (χ0) is 16.0. The lowest BCUT2D eigenvalue weighted by Gasteiger charge is -2.37. The number of morpholine rings is 1. The Morgan fingerprint density at radius 3 is 2.55 bits per heavy atom. The summed E-state index contributed by atoms with van der Waals surface area (Å²) in [5, 5.41) is 6.16. The van der Waals surface area contributed by atoms with E-state index < -0.39 is 8.32 Å². The van der Waals surface area contributed by atoms with Gasteiger partial charge in [0.05, 0.1) is 18.8 Å². The Morgan fingerprint density at radius 1 is 1.32 bits per heavy atom. The molecular weight excluding hydrogens is 312 g/mol. The number of thioether (sulfide) groups is 1. The summed E-state index contributed by atoms with van der Waals surface area (Å²) in [7, 11) is -1.67. The highest BCUT2D eigenvalue weighted by Crippen LogP contribution is 2.37. The van der Waals surface area contributed by atoms with Crippen molar-refractivity contribution in [1.82, 2.24) is 10.2 Å². The number of likely N-dealkylation sites (tertiary alicyclic amines) is 1. The lowest BCUT2D eigenvalue weighted by molar-refractivity contribution is -0.0439. The SMILES string of the molecule is CC(C)(C)[Si](C)(C)OCC1=CSC(N2CC3CCC(C2)O3)N1. The largest absolute Gasteiger partial charge is 0.411 e. The van der Waals surface area contributed by atoms with Gasteiger partial charge in [-0.15, -0.1) is 0 Å². The zero-order valence-electron chi connectivity index (χ0n) is 14.5.